The Balaban J connectivity index is 1.97. The van der Waals surface area contributed by atoms with E-state index in [9.17, 15) is 9.59 Å². The van der Waals surface area contributed by atoms with E-state index in [1.54, 1.807) is 6.07 Å². The molecule has 6 heteroatoms. The molecule has 1 aromatic carbocycles. The summed E-state index contributed by atoms with van der Waals surface area (Å²) in [7, 11) is 0. The number of amides is 1. The number of aromatic amines is 1. The number of rotatable bonds is 5. The van der Waals surface area contributed by atoms with Crippen molar-refractivity contribution in [3.63, 3.8) is 0 Å². The van der Waals surface area contributed by atoms with Gasteiger partial charge in [0.2, 0.25) is 0 Å². The highest BCUT2D eigenvalue weighted by Gasteiger charge is 2.16. The molecule has 1 heterocycles. The van der Waals surface area contributed by atoms with E-state index in [4.69, 9.17) is 4.74 Å². The Kier molecular flexibility index (Phi) is 4.34. The summed E-state index contributed by atoms with van der Waals surface area (Å²) in [5, 5.41) is 10.1. The fourth-order valence-corrected chi connectivity index (χ4v) is 1.74. The molecule has 0 radical (unpaired) electrons. The number of ether oxygens (including phenoxy) is 1. The maximum atomic E-state index is 11.9. The van der Waals surface area contributed by atoms with E-state index in [0.717, 1.165) is 11.9 Å². The van der Waals surface area contributed by atoms with Gasteiger partial charge in [0.15, 0.2) is 12.3 Å². The van der Waals surface area contributed by atoms with Gasteiger partial charge in [-0.3, -0.25) is 9.89 Å². The van der Waals surface area contributed by atoms with Crippen molar-refractivity contribution in [1.29, 1.82) is 0 Å². The number of para-hydroxylation sites is 1. The van der Waals surface area contributed by atoms with Crippen LogP contribution in [0.15, 0.2) is 24.3 Å². The van der Waals surface area contributed by atoms with Crippen molar-refractivity contribution < 1.29 is 14.3 Å². The van der Waals surface area contributed by atoms with Crippen LogP contribution >= 0.6 is 0 Å². The van der Waals surface area contributed by atoms with Crippen LogP contribution in [-0.4, -0.2) is 34.7 Å². The van der Waals surface area contributed by atoms with Crippen molar-refractivity contribution in [3.05, 3.63) is 30.0 Å². The average molecular weight is 275 g/mol. The van der Waals surface area contributed by atoms with Crippen LogP contribution in [0.2, 0.25) is 0 Å². The molecule has 0 aliphatic rings. The van der Waals surface area contributed by atoms with E-state index >= 15 is 0 Å². The molecule has 2 N–H and O–H groups in total. The van der Waals surface area contributed by atoms with Crippen molar-refractivity contribution in [2.45, 2.75) is 26.3 Å². The van der Waals surface area contributed by atoms with Crippen molar-refractivity contribution in [3.8, 4) is 0 Å². The Bertz CT molecular complexity index is 621. The molecular weight excluding hydrogens is 258 g/mol. The molecule has 0 spiro atoms. The molecule has 6 nitrogen and oxygen atoms in total. The van der Waals surface area contributed by atoms with Gasteiger partial charge in [-0.15, -0.1) is 0 Å². The standard InChI is InChI=1S/C14H17N3O3/c1-3-9(2)15-12(18)8-20-14(19)13-10-6-4-5-7-11(10)16-17-13/h4-7,9H,3,8H2,1-2H3,(H,15,18)(H,16,17)/t9-/m0/s1. The Morgan fingerprint density at radius 2 is 2.15 bits per heavy atom. The normalized spacial score (nSPS) is 12.1. The number of esters is 1. The highest BCUT2D eigenvalue weighted by atomic mass is 16.5. The SMILES string of the molecule is CC[C@H](C)NC(=O)COC(=O)c1n[nH]c2ccccc12. The summed E-state index contributed by atoms with van der Waals surface area (Å²) in [5.41, 5.74) is 0.945. The van der Waals surface area contributed by atoms with Crippen molar-refractivity contribution in [1.82, 2.24) is 15.5 Å². The van der Waals surface area contributed by atoms with Gasteiger partial charge in [-0.05, 0) is 19.4 Å². The van der Waals surface area contributed by atoms with Gasteiger partial charge in [0.1, 0.15) is 0 Å². The largest absolute Gasteiger partial charge is 0.451 e. The molecule has 1 atom stereocenters. The lowest BCUT2D eigenvalue weighted by Crippen LogP contribution is -2.35. The van der Waals surface area contributed by atoms with Gasteiger partial charge >= 0.3 is 5.97 Å². The number of hydrogen-bond donors (Lipinski definition) is 2. The van der Waals surface area contributed by atoms with E-state index in [0.29, 0.717) is 5.39 Å². The van der Waals surface area contributed by atoms with Crippen molar-refractivity contribution >= 4 is 22.8 Å². The van der Waals surface area contributed by atoms with Gasteiger partial charge in [-0.25, -0.2) is 4.79 Å². The molecule has 2 aromatic rings. The molecule has 1 aromatic heterocycles. The molecule has 0 aliphatic heterocycles. The second-order valence-corrected chi connectivity index (χ2v) is 4.57. The summed E-state index contributed by atoms with van der Waals surface area (Å²) in [6, 6.07) is 7.30. The number of benzene rings is 1. The number of nitrogens with one attached hydrogen (secondary N) is 2. The highest BCUT2D eigenvalue weighted by molar-refractivity contribution is 6.02. The van der Waals surface area contributed by atoms with Gasteiger partial charge in [0.05, 0.1) is 5.52 Å². The fourth-order valence-electron chi connectivity index (χ4n) is 1.74. The van der Waals surface area contributed by atoms with Gasteiger partial charge in [-0.2, -0.15) is 5.10 Å². The molecule has 0 bridgehead atoms. The van der Waals surface area contributed by atoms with Crippen LogP contribution < -0.4 is 5.32 Å². The summed E-state index contributed by atoms with van der Waals surface area (Å²) in [4.78, 5) is 23.4. The first-order chi connectivity index (χ1) is 9.61. The molecule has 0 fully saturated rings. The maximum absolute atomic E-state index is 11.9. The molecule has 0 aliphatic carbocycles. The van der Waals surface area contributed by atoms with Crippen LogP contribution in [0.5, 0.6) is 0 Å². The minimum Gasteiger partial charge on any atom is -0.451 e. The Morgan fingerprint density at radius 1 is 1.40 bits per heavy atom. The molecule has 0 unspecified atom stereocenters. The lowest BCUT2D eigenvalue weighted by molar-refractivity contribution is -0.124. The van der Waals surface area contributed by atoms with E-state index < -0.39 is 5.97 Å². The van der Waals surface area contributed by atoms with E-state index in [1.807, 2.05) is 32.0 Å². The number of fused-ring (bicyclic) bond motifs is 1. The monoisotopic (exact) mass is 275 g/mol. The molecule has 2 rings (SSSR count). The van der Waals surface area contributed by atoms with Crippen molar-refractivity contribution in [2.75, 3.05) is 6.61 Å². The van der Waals surface area contributed by atoms with Crippen LogP contribution in [0.4, 0.5) is 0 Å². The lowest BCUT2D eigenvalue weighted by atomic mass is 10.2. The zero-order chi connectivity index (χ0) is 14.5. The number of nitrogens with zero attached hydrogens (tertiary/aromatic N) is 1. The van der Waals surface area contributed by atoms with Gasteiger partial charge in [0.25, 0.3) is 5.91 Å². The summed E-state index contributed by atoms with van der Waals surface area (Å²) in [6.07, 6.45) is 0.823. The smallest absolute Gasteiger partial charge is 0.359 e. The number of carbonyl (C=O) groups excluding carboxylic acids is 2. The third-order valence-corrected chi connectivity index (χ3v) is 3.02. The average Bonchev–Trinajstić information content (AvgIpc) is 2.88. The summed E-state index contributed by atoms with van der Waals surface area (Å²) < 4.78 is 4.97. The number of hydrogen-bond acceptors (Lipinski definition) is 4. The third kappa shape index (κ3) is 3.14. The van der Waals surface area contributed by atoms with Gasteiger partial charge in [-0.1, -0.05) is 25.1 Å². The maximum Gasteiger partial charge on any atom is 0.359 e. The molecular formula is C14H17N3O3. The molecule has 20 heavy (non-hydrogen) atoms. The van der Waals surface area contributed by atoms with Crippen LogP contribution in [0.25, 0.3) is 10.9 Å². The van der Waals surface area contributed by atoms with Gasteiger partial charge in [0, 0.05) is 11.4 Å². The second kappa shape index (κ2) is 6.18. The number of carbonyl (C=O) groups is 2. The predicted octanol–water partition coefficient (Wildman–Crippen LogP) is 1.63. The fraction of sp³-hybridized carbons (Fsp3) is 0.357. The van der Waals surface area contributed by atoms with Crippen LogP contribution in [0.3, 0.4) is 0 Å². The zero-order valence-corrected chi connectivity index (χ0v) is 11.5. The van der Waals surface area contributed by atoms with Gasteiger partial charge < -0.3 is 10.1 Å². The zero-order valence-electron chi connectivity index (χ0n) is 11.5. The first-order valence-corrected chi connectivity index (χ1v) is 6.51. The topological polar surface area (TPSA) is 84.1 Å². The molecule has 0 saturated carbocycles. The Hall–Kier alpha value is -2.37. The highest BCUT2D eigenvalue weighted by Crippen LogP contribution is 2.15. The number of H-pyrrole nitrogens is 1. The van der Waals surface area contributed by atoms with Crippen LogP contribution in [0, 0.1) is 0 Å². The second-order valence-electron chi connectivity index (χ2n) is 4.57. The summed E-state index contributed by atoms with van der Waals surface area (Å²) in [5.74, 6) is -0.922. The molecule has 1 amide bonds. The third-order valence-electron chi connectivity index (χ3n) is 3.02. The predicted molar refractivity (Wildman–Crippen MR) is 74.3 cm³/mol. The quantitative estimate of drug-likeness (QED) is 0.812. The molecule has 0 saturated heterocycles. The number of aromatic nitrogens is 2. The first kappa shape index (κ1) is 14.0. The van der Waals surface area contributed by atoms with E-state index in [-0.39, 0.29) is 24.2 Å². The van der Waals surface area contributed by atoms with E-state index in [2.05, 4.69) is 15.5 Å². The lowest BCUT2D eigenvalue weighted by Gasteiger charge is -2.10. The van der Waals surface area contributed by atoms with Crippen molar-refractivity contribution in [2.24, 2.45) is 0 Å². The Labute approximate surface area is 116 Å². The summed E-state index contributed by atoms with van der Waals surface area (Å²) in [6.45, 7) is 3.55. The summed E-state index contributed by atoms with van der Waals surface area (Å²) >= 11 is 0. The first-order valence-electron chi connectivity index (χ1n) is 6.51. The van der Waals surface area contributed by atoms with Crippen LogP contribution in [0.1, 0.15) is 30.8 Å². The molecule has 106 valence electrons. The Morgan fingerprint density at radius 3 is 2.90 bits per heavy atom. The minimum atomic E-state index is -0.609. The van der Waals surface area contributed by atoms with Crippen LogP contribution in [-0.2, 0) is 9.53 Å². The van der Waals surface area contributed by atoms with E-state index in [1.165, 1.54) is 0 Å². The minimum absolute atomic E-state index is 0.0624.